The second-order valence-electron chi connectivity index (χ2n) is 5.59. The van der Waals surface area contributed by atoms with Crippen molar-refractivity contribution < 1.29 is 19.4 Å². The first-order chi connectivity index (χ1) is 12.5. The van der Waals surface area contributed by atoms with Gasteiger partial charge in [-0.2, -0.15) is 0 Å². The van der Waals surface area contributed by atoms with E-state index in [9.17, 15) is 9.59 Å². The number of carbonyl (C=O) groups excluding carboxylic acids is 2. The second-order valence-corrected chi connectivity index (χ2v) is 5.59. The summed E-state index contributed by atoms with van der Waals surface area (Å²) in [5.74, 6) is -0.745. The Labute approximate surface area is 149 Å². The topological polar surface area (TPSA) is 137 Å². The van der Waals surface area contributed by atoms with Gasteiger partial charge < -0.3 is 21.2 Å². The SMILES string of the molecule is NC(=O)c1ccc(N)c(C(=[NH2+])c2cccc(NC(=O)c3ccco3)c2)c1. The number of benzene rings is 2. The third-order valence-electron chi connectivity index (χ3n) is 3.80. The molecule has 0 spiro atoms. The minimum absolute atomic E-state index is 0.200. The van der Waals surface area contributed by atoms with Gasteiger partial charge in [0.15, 0.2) is 5.76 Å². The maximum Gasteiger partial charge on any atom is 0.291 e. The molecule has 0 fully saturated rings. The molecule has 3 rings (SSSR count). The van der Waals surface area contributed by atoms with E-state index in [1.807, 2.05) is 0 Å². The summed E-state index contributed by atoms with van der Waals surface area (Å²) in [4.78, 5) is 23.5. The van der Waals surface area contributed by atoms with Crippen LogP contribution in [0.1, 0.15) is 32.0 Å². The average molecular weight is 349 g/mol. The molecule has 7 nitrogen and oxygen atoms in total. The summed E-state index contributed by atoms with van der Waals surface area (Å²) in [7, 11) is 0. The number of carbonyl (C=O) groups is 2. The van der Waals surface area contributed by atoms with Gasteiger partial charge in [-0.15, -0.1) is 0 Å². The van der Waals surface area contributed by atoms with Crippen LogP contribution in [0, 0.1) is 0 Å². The predicted molar refractivity (Wildman–Crippen MR) is 97.6 cm³/mol. The highest BCUT2D eigenvalue weighted by Crippen LogP contribution is 2.19. The van der Waals surface area contributed by atoms with Crippen molar-refractivity contribution in [3.8, 4) is 0 Å². The van der Waals surface area contributed by atoms with Gasteiger partial charge in [-0.25, -0.2) is 0 Å². The molecule has 7 N–H and O–H groups in total. The van der Waals surface area contributed by atoms with Crippen molar-refractivity contribution >= 4 is 28.9 Å². The standard InChI is InChI=1S/C19H16N4O3/c20-15-7-6-12(18(22)24)10-14(15)17(21)11-3-1-4-13(9-11)23-19(25)16-5-2-8-26-16/h1-10,21H,20H2,(H2,22,24)(H,23,25)/p+1. The monoisotopic (exact) mass is 349 g/mol. The van der Waals surface area contributed by atoms with Crippen molar-refractivity contribution in [1.29, 1.82) is 0 Å². The quantitative estimate of drug-likeness (QED) is 0.400. The summed E-state index contributed by atoms with van der Waals surface area (Å²) in [5, 5.41) is 8.96. The molecule has 0 radical (unpaired) electrons. The van der Waals surface area contributed by atoms with Crippen molar-refractivity contribution in [3.63, 3.8) is 0 Å². The largest absolute Gasteiger partial charge is 0.459 e. The van der Waals surface area contributed by atoms with Gasteiger partial charge in [0.25, 0.3) is 5.91 Å². The molecule has 3 aromatic rings. The lowest BCUT2D eigenvalue weighted by Gasteiger charge is -2.08. The number of nitrogens with one attached hydrogen (secondary N) is 1. The number of amides is 2. The zero-order chi connectivity index (χ0) is 18.7. The number of hydrogen-bond acceptors (Lipinski definition) is 4. The predicted octanol–water partition coefficient (Wildman–Crippen LogP) is 0.810. The van der Waals surface area contributed by atoms with E-state index in [2.05, 4.69) is 5.32 Å². The van der Waals surface area contributed by atoms with Gasteiger partial charge in [0.2, 0.25) is 11.6 Å². The van der Waals surface area contributed by atoms with Gasteiger partial charge in [-0.05, 0) is 48.5 Å². The lowest BCUT2D eigenvalue weighted by atomic mass is 9.98. The van der Waals surface area contributed by atoms with E-state index >= 15 is 0 Å². The molecule has 0 saturated heterocycles. The van der Waals surface area contributed by atoms with Crippen LogP contribution in [0.25, 0.3) is 0 Å². The van der Waals surface area contributed by atoms with Gasteiger partial charge in [-0.1, -0.05) is 6.07 Å². The second kappa shape index (κ2) is 6.94. The highest BCUT2D eigenvalue weighted by molar-refractivity contribution is 6.13. The molecule has 0 bridgehead atoms. The van der Waals surface area contributed by atoms with E-state index < -0.39 is 5.91 Å². The number of rotatable bonds is 5. The minimum atomic E-state index is -0.571. The number of nitrogens with two attached hydrogens (primary N) is 3. The number of primary amides is 1. The van der Waals surface area contributed by atoms with Crippen LogP contribution < -0.4 is 22.2 Å². The fourth-order valence-electron chi connectivity index (χ4n) is 2.46. The van der Waals surface area contributed by atoms with Crippen molar-refractivity contribution in [1.82, 2.24) is 0 Å². The van der Waals surface area contributed by atoms with Crippen LogP contribution in [0.4, 0.5) is 11.4 Å². The molecule has 26 heavy (non-hydrogen) atoms. The zero-order valence-corrected chi connectivity index (χ0v) is 13.7. The van der Waals surface area contributed by atoms with Crippen LogP contribution >= 0.6 is 0 Å². The molecule has 0 unspecified atom stereocenters. The van der Waals surface area contributed by atoms with E-state index in [0.29, 0.717) is 33.8 Å². The Balaban J connectivity index is 1.88. The fourth-order valence-corrected chi connectivity index (χ4v) is 2.46. The Morgan fingerprint density at radius 1 is 1.00 bits per heavy atom. The molecule has 1 aromatic heterocycles. The van der Waals surface area contributed by atoms with E-state index in [0.717, 1.165) is 0 Å². The summed E-state index contributed by atoms with van der Waals surface area (Å²) < 4.78 is 5.06. The van der Waals surface area contributed by atoms with Crippen LogP contribution in [-0.2, 0) is 0 Å². The molecule has 0 atom stereocenters. The number of hydrogen-bond donors (Lipinski definition) is 4. The third-order valence-corrected chi connectivity index (χ3v) is 3.80. The number of furan rings is 1. The molecule has 1 heterocycles. The average Bonchev–Trinajstić information content (AvgIpc) is 3.16. The first-order valence-electron chi connectivity index (χ1n) is 7.73. The van der Waals surface area contributed by atoms with E-state index in [-0.39, 0.29) is 11.7 Å². The molecule has 0 aliphatic carbocycles. The molecular formula is C19H17N4O3+. The maximum atomic E-state index is 12.1. The number of nitrogen functional groups attached to an aromatic ring is 1. The molecule has 130 valence electrons. The van der Waals surface area contributed by atoms with Gasteiger partial charge in [0.05, 0.1) is 11.8 Å². The zero-order valence-electron chi connectivity index (χ0n) is 13.7. The summed E-state index contributed by atoms with van der Waals surface area (Å²) in [6.45, 7) is 0. The lowest BCUT2D eigenvalue weighted by Crippen LogP contribution is -2.41. The van der Waals surface area contributed by atoms with Gasteiger partial charge in [0.1, 0.15) is 0 Å². The van der Waals surface area contributed by atoms with Crippen LogP contribution in [0.3, 0.4) is 0 Å². The Morgan fingerprint density at radius 2 is 1.81 bits per heavy atom. The minimum Gasteiger partial charge on any atom is -0.459 e. The summed E-state index contributed by atoms with van der Waals surface area (Å²) in [6.07, 6.45) is 1.42. The molecule has 2 amide bonds. The van der Waals surface area contributed by atoms with E-state index in [4.69, 9.17) is 21.3 Å². The van der Waals surface area contributed by atoms with Gasteiger partial charge >= 0.3 is 0 Å². The molecule has 7 heteroatoms. The fraction of sp³-hybridized carbons (Fsp3) is 0. The van der Waals surface area contributed by atoms with E-state index in [1.54, 1.807) is 48.5 Å². The van der Waals surface area contributed by atoms with Crippen LogP contribution in [0.15, 0.2) is 65.3 Å². The van der Waals surface area contributed by atoms with Gasteiger partial charge in [0, 0.05) is 22.5 Å². The summed E-state index contributed by atoms with van der Waals surface area (Å²) in [6, 6.07) is 14.8. The first-order valence-corrected chi connectivity index (χ1v) is 7.73. The highest BCUT2D eigenvalue weighted by Gasteiger charge is 2.17. The maximum absolute atomic E-state index is 12.1. The first kappa shape index (κ1) is 17.0. The van der Waals surface area contributed by atoms with E-state index in [1.165, 1.54) is 12.3 Å². The van der Waals surface area contributed by atoms with Gasteiger partial charge in [-0.3, -0.25) is 15.0 Å². The Bertz CT molecular complexity index is 994. The Kier molecular flexibility index (Phi) is 4.53. The van der Waals surface area contributed by atoms with Crippen molar-refractivity contribution in [3.05, 3.63) is 83.3 Å². The van der Waals surface area contributed by atoms with Crippen LogP contribution in [-0.4, -0.2) is 17.5 Å². The van der Waals surface area contributed by atoms with Crippen molar-refractivity contribution in [2.45, 2.75) is 0 Å². The molecular weight excluding hydrogens is 332 g/mol. The van der Waals surface area contributed by atoms with Crippen molar-refractivity contribution in [2.75, 3.05) is 11.1 Å². The molecule has 0 saturated carbocycles. The van der Waals surface area contributed by atoms with Crippen LogP contribution in [0.5, 0.6) is 0 Å². The smallest absolute Gasteiger partial charge is 0.291 e. The highest BCUT2D eigenvalue weighted by atomic mass is 16.3. The van der Waals surface area contributed by atoms with Crippen molar-refractivity contribution in [2.24, 2.45) is 5.73 Å². The van der Waals surface area contributed by atoms with Crippen LogP contribution in [0.2, 0.25) is 0 Å². The normalized spacial score (nSPS) is 10.3. The summed E-state index contributed by atoms with van der Waals surface area (Å²) >= 11 is 0. The molecule has 0 aliphatic rings. The Hall–Kier alpha value is -3.87. The number of anilines is 2. The molecule has 0 aliphatic heterocycles. The Morgan fingerprint density at radius 3 is 2.50 bits per heavy atom. The third kappa shape index (κ3) is 3.46. The molecule has 2 aromatic carbocycles. The lowest BCUT2D eigenvalue weighted by molar-refractivity contribution is -0.111. The summed E-state index contributed by atoms with van der Waals surface area (Å²) in [5.41, 5.74) is 14.0.